The van der Waals surface area contributed by atoms with Gasteiger partial charge in [0.15, 0.2) is 6.29 Å². The number of aliphatic hydroxyl groups excluding tert-OH is 1. The summed E-state index contributed by atoms with van der Waals surface area (Å²) in [5.41, 5.74) is 1.17. The third kappa shape index (κ3) is 3.30. The van der Waals surface area contributed by atoms with Crippen LogP contribution >= 0.6 is 0 Å². The fraction of sp³-hybridized carbons (Fsp3) is 0.500. The lowest BCUT2D eigenvalue weighted by Gasteiger charge is -2.25. The molecular formula is C12H16O3. The first kappa shape index (κ1) is 10.6. The van der Waals surface area contributed by atoms with E-state index in [1.54, 1.807) is 0 Å². The average Bonchev–Trinajstić information content (AvgIpc) is 2.30. The number of hydrogen-bond acceptors (Lipinski definition) is 3. The lowest BCUT2D eigenvalue weighted by molar-refractivity contribution is -0.169. The zero-order chi connectivity index (χ0) is 10.5. The second-order valence-corrected chi connectivity index (χ2v) is 3.78. The van der Waals surface area contributed by atoms with Crippen molar-refractivity contribution in [2.75, 3.05) is 6.61 Å². The summed E-state index contributed by atoms with van der Waals surface area (Å²) in [5.74, 6) is 0. The molecule has 0 spiro atoms. The van der Waals surface area contributed by atoms with Crippen LogP contribution in [0.4, 0.5) is 0 Å². The Balaban J connectivity index is 1.74. The van der Waals surface area contributed by atoms with Gasteiger partial charge in [0.2, 0.25) is 0 Å². The van der Waals surface area contributed by atoms with Gasteiger partial charge >= 0.3 is 0 Å². The van der Waals surface area contributed by atoms with Crippen LogP contribution in [-0.4, -0.2) is 24.1 Å². The Kier molecular flexibility index (Phi) is 3.72. The van der Waals surface area contributed by atoms with Gasteiger partial charge in [0, 0.05) is 6.42 Å². The smallest absolute Gasteiger partial charge is 0.154 e. The Morgan fingerprint density at radius 1 is 1.27 bits per heavy atom. The maximum atomic E-state index is 9.13. The summed E-state index contributed by atoms with van der Waals surface area (Å²) in [7, 11) is 0. The molecule has 3 heteroatoms. The first-order valence-corrected chi connectivity index (χ1v) is 5.30. The van der Waals surface area contributed by atoms with Crippen LogP contribution in [0.1, 0.15) is 18.4 Å². The van der Waals surface area contributed by atoms with E-state index in [9.17, 15) is 0 Å². The summed E-state index contributed by atoms with van der Waals surface area (Å²) in [5, 5.41) is 9.13. The summed E-state index contributed by atoms with van der Waals surface area (Å²) < 4.78 is 10.8. The van der Waals surface area contributed by atoms with Gasteiger partial charge in [-0.15, -0.1) is 0 Å². The molecule has 1 heterocycles. The Labute approximate surface area is 89.6 Å². The minimum atomic E-state index is -0.596. The third-order valence-corrected chi connectivity index (χ3v) is 2.54. The molecule has 2 atom stereocenters. The molecule has 1 aromatic carbocycles. The number of hydrogen-bond donors (Lipinski definition) is 1. The molecule has 1 fully saturated rings. The van der Waals surface area contributed by atoms with Gasteiger partial charge in [0.25, 0.3) is 0 Å². The fourth-order valence-electron chi connectivity index (χ4n) is 1.63. The van der Waals surface area contributed by atoms with Gasteiger partial charge in [0.05, 0.1) is 19.3 Å². The molecule has 2 rings (SSSR count). The van der Waals surface area contributed by atoms with E-state index >= 15 is 0 Å². The van der Waals surface area contributed by atoms with Crippen molar-refractivity contribution in [2.24, 2.45) is 0 Å². The summed E-state index contributed by atoms with van der Waals surface area (Å²) in [4.78, 5) is 0. The molecule has 1 aliphatic heterocycles. The number of rotatable bonds is 3. The number of aliphatic hydroxyl groups is 1. The Bertz CT molecular complexity index is 278. The van der Waals surface area contributed by atoms with E-state index in [1.807, 2.05) is 30.3 Å². The van der Waals surface area contributed by atoms with E-state index in [0.29, 0.717) is 19.6 Å². The molecule has 15 heavy (non-hydrogen) atoms. The zero-order valence-electron chi connectivity index (χ0n) is 8.63. The van der Waals surface area contributed by atoms with E-state index in [2.05, 4.69) is 0 Å². The Morgan fingerprint density at radius 2 is 2.07 bits per heavy atom. The maximum absolute atomic E-state index is 9.13. The summed E-state index contributed by atoms with van der Waals surface area (Å²) in [6.07, 6.45) is 1.06. The highest BCUT2D eigenvalue weighted by Gasteiger charge is 2.19. The summed E-state index contributed by atoms with van der Waals surface area (Å²) >= 11 is 0. The van der Waals surface area contributed by atoms with Gasteiger partial charge in [-0.25, -0.2) is 0 Å². The zero-order valence-corrected chi connectivity index (χ0v) is 8.63. The van der Waals surface area contributed by atoms with Crippen LogP contribution in [0.25, 0.3) is 0 Å². The highest BCUT2D eigenvalue weighted by molar-refractivity contribution is 5.13. The van der Waals surface area contributed by atoms with Crippen molar-refractivity contribution in [3.63, 3.8) is 0 Å². The van der Waals surface area contributed by atoms with Crippen molar-refractivity contribution in [1.82, 2.24) is 0 Å². The van der Waals surface area contributed by atoms with Gasteiger partial charge < -0.3 is 14.6 Å². The van der Waals surface area contributed by atoms with Crippen molar-refractivity contribution in [2.45, 2.75) is 31.8 Å². The highest BCUT2D eigenvalue weighted by Crippen LogP contribution is 2.15. The van der Waals surface area contributed by atoms with Crippen LogP contribution in [0.15, 0.2) is 30.3 Å². The second-order valence-electron chi connectivity index (χ2n) is 3.78. The molecule has 0 radical (unpaired) electrons. The predicted octanol–water partition coefficient (Wildman–Crippen LogP) is 1.70. The molecule has 0 bridgehead atoms. The Morgan fingerprint density at radius 3 is 2.73 bits per heavy atom. The van der Waals surface area contributed by atoms with Gasteiger partial charge in [-0.1, -0.05) is 30.3 Å². The van der Waals surface area contributed by atoms with Crippen LogP contribution in [0.2, 0.25) is 0 Å². The van der Waals surface area contributed by atoms with Crippen LogP contribution in [0.3, 0.4) is 0 Å². The minimum Gasteiger partial charge on any atom is -0.371 e. The average molecular weight is 208 g/mol. The predicted molar refractivity (Wildman–Crippen MR) is 56.2 cm³/mol. The van der Waals surface area contributed by atoms with Gasteiger partial charge in [-0.3, -0.25) is 0 Å². The van der Waals surface area contributed by atoms with Crippen molar-refractivity contribution >= 4 is 0 Å². The lowest BCUT2D eigenvalue weighted by atomic mass is 10.1. The van der Waals surface area contributed by atoms with Crippen molar-refractivity contribution in [3.8, 4) is 0 Å². The molecule has 1 aromatic rings. The molecule has 0 saturated carbocycles. The van der Waals surface area contributed by atoms with E-state index in [1.165, 1.54) is 5.56 Å². The Hall–Kier alpha value is -0.900. The highest BCUT2D eigenvalue weighted by atomic mass is 16.6. The monoisotopic (exact) mass is 208 g/mol. The molecule has 3 nitrogen and oxygen atoms in total. The molecule has 0 amide bonds. The van der Waals surface area contributed by atoms with Crippen LogP contribution in [-0.2, 0) is 16.1 Å². The molecular weight excluding hydrogens is 192 g/mol. The van der Waals surface area contributed by atoms with Crippen LogP contribution in [0, 0.1) is 0 Å². The molecule has 0 aromatic heterocycles. The topological polar surface area (TPSA) is 38.7 Å². The fourth-order valence-corrected chi connectivity index (χ4v) is 1.63. The summed E-state index contributed by atoms with van der Waals surface area (Å²) in [6.45, 7) is 1.11. The third-order valence-electron chi connectivity index (χ3n) is 2.54. The number of ether oxygens (including phenoxy) is 2. The van der Waals surface area contributed by atoms with Crippen molar-refractivity contribution in [3.05, 3.63) is 35.9 Å². The van der Waals surface area contributed by atoms with E-state index in [-0.39, 0.29) is 6.10 Å². The minimum absolute atomic E-state index is 0.119. The molecule has 82 valence electrons. The second kappa shape index (κ2) is 5.26. The van der Waals surface area contributed by atoms with Gasteiger partial charge in [-0.2, -0.15) is 0 Å². The quantitative estimate of drug-likeness (QED) is 0.821. The van der Waals surface area contributed by atoms with Crippen molar-refractivity contribution in [1.29, 1.82) is 0 Å². The van der Waals surface area contributed by atoms with E-state index < -0.39 is 6.29 Å². The van der Waals surface area contributed by atoms with E-state index in [0.717, 1.165) is 6.42 Å². The maximum Gasteiger partial charge on any atom is 0.154 e. The molecule has 1 aliphatic rings. The first-order chi connectivity index (χ1) is 7.34. The van der Waals surface area contributed by atoms with E-state index in [4.69, 9.17) is 14.6 Å². The van der Waals surface area contributed by atoms with Crippen LogP contribution in [0.5, 0.6) is 0 Å². The molecule has 0 aliphatic carbocycles. The van der Waals surface area contributed by atoms with Gasteiger partial charge in [0.1, 0.15) is 0 Å². The largest absolute Gasteiger partial charge is 0.371 e. The summed E-state index contributed by atoms with van der Waals surface area (Å²) in [6, 6.07) is 10.1. The molecule has 0 unspecified atom stereocenters. The standard InChI is InChI=1S/C12H16O3/c13-12-7-6-11(9-15-12)14-8-10-4-2-1-3-5-10/h1-5,11-13H,6-9H2/t11-,12+/m0/s1. The lowest BCUT2D eigenvalue weighted by Crippen LogP contribution is -2.31. The number of benzene rings is 1. The molecule has 1 N–H and O–H groups in total. The molecule has 1 saturated heterocycles. The SMILES string of the molecule is O[C@H]1CC[C@H](OCc2ccccc2)CO1. The van der Waals surface area contributed by atoms with Crippen molar-refractivity contribution < 1.29 is 14.6 Å². The first-order valence-electron chi connectivity index (χ1n) is 5.30. The van der Waals surface area contributed by atoms with Crippen LogP contribution < -0.4 is 0 Å². The van der Waals surface area contributed by atoms with Gasteiger partial charge in [-0.05, 0) is 12.0 Å². The normalized spacial score (nSPS) is 26.5.